The monoisotopic (exact) mass is 260 g/mol. The van der Waals surface area contributed by atoms with Crippen molar-refractivity contribution in [3.63, 3.8) is 0 Å². The highest BCUT2D eigenvalue weighted by Crippen LogP contribution is 2.25. The van der Waals surface area contributed by atoms with Gasteiger partial charge in [-0.05, 0) is 25.1 Å². The summed E-state index contributed by atoms with van der Waals surface area (Å²) in [6.45, 7) is 1.84. The minimum Gasteiger partial charge on any atom is -0.464 e. The Morgan fingerprint density at radius 1 is 1.58 bits per heavy atom. The van der Waals surface area contributed by atoms with Crippen molar-refractivity contribution in [2.24, 2.45) is 0 Å². The lowest BCUT2D eigenvalue weighted by atomic mass is 10.1. The zero-order chi connectivity index (χ0) is 13.4. The van der Waals surface area contributed by atoms with Gasteiger partial charge in [0.05, 0.1) is 12.6 Å². The molecule has 0 spiro atoms. The van der Waals surface area contributed by atoms with E-state index in [1.54, 1.807) is 12.1 Å². The third-order valence-corrected chi connectivity index (χ3v) is 3.49. The van der Waals surface area contributed by atoms with Gasteiger partial charge < -0.3 is 20.2 Å². The van der Waals surface area contributed by atoms with Gasteiger partial charge in [-0.25, -0.2) is 9.78 Å². The number of carbonyl (C=O) groups excluding carboxylic acids is 1. The molecule has 0 saturated carbocycles. The summed E-state index contributed by atoms with van der Waals surface area (Å²) in [6.07, 6.45) is 2.82. The normalized spacial score (nSPS) is 18.9. The van der Waals surface area contributed by atoms with E-state index in [0.29, 0.717) is 17.3 Å². The number of methoxy groups -OCH3 is 1. The van der Waals surface area contributed by atoms with Crippen LogP contribution in [0.2, 0.25) is 0 Å². The molecular weight excluding hydrogens is 244 g/mol. The standard InChI is InChI=1S/C13H16N4O2/c1-19-13(18)11-10-3-2-9(14)7-17(10)12(16-11)8-4-5-15-6-8/h2-3,7-8,15H,4-6,14H2,1H3. The fourth-order valence-electron chi connectivity index (χ4n) is 2.54. The number of nitrogens with zero attached hydrogens (tertiary/aromatic N) is 2. The smallest absolute Gasteiger partial charge is 0.358 e. The molecule has 19 heavy (non-hydrogen) atoms. The molecular formula is C13H16N4O2. The van der Waals surface area contributed by atoms with E-state index in [4.69, 9.17) is 10.5 Å². The van der Waals surface area contributed by atoms with E-state index in [1.807, 2.05) is 10.6 Å². The number of hydrogen-bond acceptors (Lipinski definition) is 5. The van der Waals surface area contributed by atoms with Gasteiger partial charge in [0.25, 0.3) is 0 Å². The van der Waals surface area contributed by atoms with E-state index in [2.05, 4.69) is 10.3 Å². The van der Waals surface area contributed by atoms with Crippen molar-refractivity contribution in [1.82, 2.24) is 14.7 Å². The van der Waals surface area contributed by atoms with Gasteiger partial charge in [-0.2, -0.15) is 0 Å². The molecule has 3 rings (SSSR count). The molecule has 0 aliphatic carbocycles. The van der Waals surface area contributed by atoms with Crippen molar-refractivity contribution in [2.75, 3.05) is 25.9 Å². The first-order valence-corrected chi connectivity index (χ1v) is 6.27. The van der Waals surface area contributed by atoms with E-state index in [9.17, 15) is 4.79 Å². The molecule has 2 aromatic heterocycles. The maximum atomic E-state index is 11.8. The molecule has 0 bridgehead atoms. The van der Waals surface area contributed by atoms with Crippen LogP contribution in [0.3, 0.4) is 0 Å². The number of rotatable bonds is 2. The van der Waals surface area contributed by atoms with Gasteiger partial charge in [0.15, 0.2) is 5.69 Å². The number of nitrogen functional groups attached to an aromatic ring is 1. The third kappa shape index (κ3) is 1.94. The molecule has 0 radical (unpaired) electrons. The maximum absolute atomic E-state index is 11.8. The largest absolute Gasteiger partial charge is 0.464 e. The van der Waals surface area contributed by atoms with Gasteiger partial charge in [0.1, 0.15) is 5.82 Å². The van der Waals surface area contributed by atoms with Crippen LogP contribution in [0.1, 0.15) is 28.7 Å². The minimum absolute atomic E-state index is 0.299. The highest BCUT2D eigenvalue weighted by atomic mass is 16.5. The number of carbonyl (C=O) groups is 1. The van der Waals surface area contributed by atoms with Crippen LogP contribution < -0.4 is 11.1 Å². The SMILES string of the molecule is COC(=O)c1nc(C2CCNC2)n2cc(N)ccc12. The summed E-state index contributed by atoms with van der Waals surface area (Å²) in [4.78, 5) is 16.3. The lowest BCUT2D eigenvalue weighted by Crippen LogP contribution is -2.10. The van der Waals surface area contributed by atoms with Crippen LogP contribution in [0.25, 0.3) is 5.52 Å². The van der Waals surface area contributed by atoms with Gasteiger partial charge in [-0.1, -0.05) is 0 Å². The molecule has 3 heterocycles. The molecule has 1 fully saturated rings. The van der Waals surface area contributed by atoms with Gasteiger partial charge in [-0.15, -0.1) is 0 Å². The number of anilines is 1. The van der Waals surface area contributed by atoms with Crippen LogP contribution in [0, 0.1) is 0 Å². The average Bonchev–Trinajstić information content (AvgIpc) is 3.03. The van der Waals surface area contributed by atoms with Gasteiger partial charge >= 0.3 is 5.97 Å². The highest BCUT2D eigenvalue weighted by molar-refractivity contribution is 5.95. The molecule has 6 nitrogen and oxygen atoms in total. The van der Waals surface area contributed by atoms with Crippen molar-refractivity contribution >= 4 is 17.2 Å². The summed E-state index contributed by atoms with van der Waals surface area (Å²) < 4.78 is 6.69. The van der Waals surface area contributed by atoms with E-state index >= 15 is 0 Å². The predicted octanol–water partition coefficient (Wildman–Crippen LogP) is 0.780. The second-order valence-corrected chi connectivity index (χ2v) is 4.72. The number of fused-ring (bicyclic) bond motifs is 1. The van der Waals surface area contributed by atoms with Gasteiger partial charge in [0.2, 0.25) is 0 Å². The van der Waals surface area contributed by atoms with E-state index in [-0.39, 0.29) is 0 Å². The Hall–Kier alpha value is -2.08. The Balaban J connectivity index is 2.20. The van der Waals surface area contributed by atoms with Crippen LogP contribution in [0.5, 0.6) is 0 Å². The molecule has 1 atom stereocenters. The van der Waals surface area contributed by atoms with Crippen LogP contribution in [0.4, 0.5) is 5.69 Å². The lowest BCUT2D eigenvalue weighted by Gasteiger charge is -2.07. The number of nitrogens with one attached hydrogen (secondary N) is 1. The Kier molecular flexibility index (Phi) is 2.87. The molecule has 1 saturated heterocycles. The first-order valence-electron chi connectivity index (χ1n) is 6.27. The Morgan fingerprint density at radius 3 is 3.11 bits per heavy atom. The Labute approximate surface area is 110 Å². The van der Waals surface area contributed by atoms with Crippen molar-refractivity contribution in [1.29, 1.82) is 0 Å². The number of imidazole rings is 1. The summed E-state index contributed by atoms with van der Waals surface area (Å²) in [5, 5.41) is 3.30. The summed E-state index contributed by atoms with van der Waals surface area (Å²) in [5.74, 6) is 0.750. The third-order valence-electron chi connectivity index (χ3n) is 3.49. The zero-order valence-electron chi connectivity index (χ0n) is 10.7. The number of aromatic nitrogens is 2. The first kappa shape index (κ1) is 12.0. The lowest BCUT2D eigenvalue weighted by molar-refractivity contribution is 0.0596. The average molecular weight is 260 g/mol. The van der Waals surface area contributed by atoms with Crippen LogP contribution in [-0.4, -0.2) is 35.6 Å². The number of esters is 1. The van der Waals surface area contributed by atoms with E-state index < -0.39 is 5.97 Å². The molecule has 0 amide bonds. The molecule has 1 aliphatic rings. The van der Waals surface area contributed by atoms with Crippen LogP contribution in [-0.2, 0) is 4.74 Å². The quantitative estimate of drug-likeness (QED) is 0.780. The van der Waals surface area contributed by atoms with Crippen molar-refractivity contribution in [3.05, 3.63) is 29.8 Å². The minimum atomic E-state index is -0.417. The van der Waals surface area contributed by atoms with E-state index in [1.165, 1.54) is 7.11 Å². The van der Waals surface area contributed by atoms with E-state index in [0.717, 1.165) is 30.9 Å². The van der Waals surface area contributed by atoms with Crippen molar-refractivity contribution < 1.29 is 9.53 Å². The molecule has 2 aromatic rings. The number of hydrogen-bond donors (Lipinski definition) is 2. The fraction of sp³-hybridized carbons (Fsp3) is 0.385. The predicted molar refractivity (Wildman–Crippen MR) is 71.2 cm³/mol. The van der Waals surface area contributed by atoms with Gasteiger partial charge in [-0.3, -0.25) is 0 Å². The second-order valence-electron chi connectivity index (χ2n) is 4.72. The van der Waals surface area contributed by atoms with Crippen molar-refractivity contribution in [2.45, 2.75) is 12.3 Å². The zero-order valence-corrected chi connectivity index (χ0v) is 10.7. The summed E-state index contributed by atoms with van der Waals surface area (Å²) in [5.41, 5.74) is 7.57. The number of ether oxygens (including phenoxy) is 1. The maximum Gasteiger partial charge on any atom is 0.358 e. The van der Waals surface area contributed by atoms with Crippen LogP contribution >= 0.6 is 0 Å². The number of nitrogens with two attached hydrogens (primary N) is 1. The summed E-state index contributed by atoms with van der Waals surface area (Å²) >= 11 is 0. The molecule has 3 N–H and O–H groups in total. The fourth-order valence-corrected chi connectivity index (χ4v) is 2.54. The van der Waals surface area contributed by atoms with Gasteiger partial charge in [0, 0.05) is 24.3 Å². The summed E-state index contributed by atoms with van der Waals surface area (Å²) in [7, 11) is 1.36. The molecule has 0 aromatic carbocycles. The second kappa shape index (κ2) is 4.55. The highest BCUT2D eigenvalue weighted by Gasteiger charge is 2.25. The molecule has 100 valence electrons. The molecule has 1 aliphatic heterocycles. The topological polar surface area (TPSA) is 81.6 Å². The Bertz CT molecular complexity index is 629. The molecule has 6 heteroatoms. The Morgan fingerprint density at radius 2 is 2.42 bits per heavy atom. The molecule has 1 unspecified atom stereocenters. The number of pyridine rings is 1. The van der Waals surface area contributed by atoms with Crippen LogP contribution in [0.15, 0.2) is 18.3 Å². The van der Waals surface area contributed by atoms with Crippen molar-refractivity contribution in [3.8, 4) is 0 Å². The first-order chi connectivity index (χ1) is 9.20. The summed E-state index contributed by atoms with van der Waals surface area (Å²) in [6, 6.07) is 3.57.